The maximum absolute atomic E-state index is 5.74. The van der Waals surface area contributed by atoms with E-state index in [1.54, 1.807) is 6.33 Å². The number of ether oxygens (including phenoxy) is 1. The fourth-order valence-corrected chi connectivity index (χ4v) is 3.04. The van der Waals surface area contributed by atoms with Crippen LogP contribution in [-0.2, 0) is 6.54 Å². The number of nitrogens with one attached hydrogen (secondary N) is 2. The standard InChI is InChI=1S/C18H26N4O/c1-13(2)23-16-6-4-15(5-7-16)18-10-19-8-9-22(18)11-17-14(3)20-12-21-17/h4-7,12-13,18-19H,8-11H2,1-3H3,(H,20,21)/t18-/m1/s1. The minimum Gasteiger partial charge on any atom is -0.491 e. The van der Waals surface area contributed by atoms with E-state index in [1.807, 2.05) is 13.8 Å². The number of rotatable bonds is 5. The summed E-state index contributed by atoms with van der Waals surface area (Å²) in [6.45, 7) is 10.1. The summed E-state index contributed by atoms with van der Waals surface area (Å²) in [4.78, 5) is 10.1. The number of imidazole rings is 1. The number of H-pyrrole nitrogens is 1. The molecule has 3 rings (SSSR count). The van der Waals surface area contributed by atoms with Crippen LogP contribution in [0.5, 0.6) is 5.75 Å². The molecular formula is C18H26N4O. The lowest BCUT2D eigenvalue weighted by Crippen LogP contribution is -2.45. The Morgan fingerprint density at radius 3 is 2.74 bits per heavy atom. The molecule has 0 unspecified atom stereocenters. The first-order valence-electron chi connectivity index (χ1n) is 8.33. The van der Waals surface area contributed by atoms with Crippen LogP contribution in [-0.4, -0.2) is 40.6 Å². The Kier molecular flexibility index (Phi) is 4.98. The van der Waals surface area contributed by atoms with E-state index in [2.05, 4.69) is 51.4 Å². The summed E-state index contributed by atoms with van der Waals surface area (Å²) in [5.74, 6) is 0.933. The summed E-state index contributed by atoms with van der Waals surface area (Å²) in [6, 6.07) is 8.87. The lowest BCUT2D eigenvalue weighted by Gasteiger charge is -2.36. The molecule has 1 aliphatic rings. The number of benzene rings is 1. The van der Waals surface area contributed by atoms with Gasteiger partial charge in [0.2, 0.25) is 0 Å². The average molecular weight is 314 g/mol. The van der Waals surface area contributed by atoms with Gasteiger partial charge in [-0.1, -0.05) is 12.1 Å². The molecule has 2 aromatic rings. The minimum atomic E-state index is 0.205. The van der Waals surface area contributed by atoms with Crippen LogP contribution < -0.4 is 10.1 Å². The first-order valence-corrected chi connectivity index (χ1v) is 8.33. The van der Waals surface area contributed by atoms with Crippen LogP contribution in [0.4, 0.5) is 0 Å². The van der Waals surface area contributed by atoms with Crippen molar-refractivity contribution in [2.75, 3.05) is 19.6 Å². The second-order valence-corrected chi connectivity index (χ2v) is 6.40. The van der Waals surface area contributed by atoms with Crippen molar-refractivity contribution in [1.82, 2.24) is 20.2 Å². The van der Waals surface area contributed by atoms with Gasteiger partial charge in [0, 0.05) is 37.9 Å². The highest BCUT2D eigenvalue weighted by atomic mass is 16.5. The zero-order valence-electron chi connectivity index (χ0n) is 14.2. The fraction of sp³-hybridized carbons (Fsp3) is 0.500. The molecular weight excluding hydrogens is 288 g/mol. The molecule has 0 spiro atoms. The second-order valence-electron chi connectivity index (χ2n) is 6.40. The van der Waals surface area contributed by atoms with Crippen LogP contribution in [0.1, 0.15) is 36.8 Å². The summed E-state index contributed by atoms with van der Waals surface area (Å²) in [5.41, 5.74) is 3.61. The van der Waals surface area contributed by atoms with Gasteiger partial charge in [-0.15, -0.1) is 0 Å². The summed E-state index contributed by atoms with van der Waals surface area (Å²) in [7, 11) is 0. The quantitative estimate of drug-likeness (QED) is 0.891. The molecule has 1 atom stereocenters. The van der Waals surface area contributed by atoms with Crippen molar-refractivity contribution in [3.05, 3.63) is 47.5 Å². The second kappa shape index (κ2) is 7.15. The van der Waals surface area contributed by atoms with Crippen LogP contribution in [0.25, 0.3) is 0 Å². The molecule has 124 valence electrons. The maximum Gasteiger partial charge on any atom is 0.119 e. The molecule has 0 aliphatic carbocycles. The van der Waals surface area contributed by atoms with Crippen molar-refractivity contribution >= 4 is 0 Å². The Bertz CT molecular complexity index is 620. The Hall–Kier alpha value is -1.85. The normalized spacial score (nSPS) is 19.2. The topological polar surface area (TPSA) is 53.2 Å². The molecule has 2 heterocycles. The van der Waals surface area contributed by atoms with E-state index in [4.69, 9.17) is 4.74 Å². The highest BCUT2D eigenvalue weighted by Crippen LogP contribution is 2.26. The molecule has 0 radical (unpaired) electrons. The highest BCUT2D eigenvalue weighted by molar-refractivity contribution is 5.30. The third-order valence-electron chi connectivity index (χ3n) is 4.28. The molecule has 5 heteroatoms. The number of hydrogen-bond donors (Lipinski definition) is 2. The van der Waals surface area contributed by atoms with E-state index < -0.39 is 0 Å². The lowest BCUT2D eigenvalue weighted by molar-refractivity contribution is 0.151. The van der Waals surface area contributed by atoms with Gasteiger partial charge in [-0.05, 0) is 38.5 Å². The Morgan fingerprint density at radius 2 is 2.09 bits per heavy atom. The predicted octanol–water partition coefficient (Wildman–Crippen LogP) is 2.65. The van der Waals surface area contributed by atoms with E-state index in [1.165, 1.54) is 5.56 Å². The summed E-state index contributed by atoms with van der Waals surface area (Å²) < 4.78 is 5.74. The molecule has 23 heavy (non-hydrogen) atoms. The van der Waals surface area contributed by atoms with Gasteiger partial charge in [0.05, 0.1) is 18.1 Å². The lowest BCUT2D eigenvalue weighted by atomic mass is 10.0. The zero-order chi connectivity index (χ0) is 16.2. The van der Waals surface area contributed by atoms with E-state index in [9.17, 15) is 0 Å². The van der Waals surface area contributed by atoms with E-state index in [0.29, 0.717) is 6.04 Å². The molecule has 1 aromatic heterocycles. The number of hydrogen-bond acceptors (Lipinski definition) is 4. The predicted molar refractivity (Wildman–Crippen MR) is 91.6 cm³/mol. The smallest absolute Gasteiger partial charge is 0.119 e. The summed E-state index contributed by atoms with van der Waals surface area (Å²) in [5, 5.41) is 3.50. The van der Waals surface area contributed by atoms with Crippen molar-refractivity contribution in [1.29, 1.82) is 0 Å². The average Bonchev–Trinajstić information content (AvgIpc) is 2.93. The number of aryl methyl sites for hydroxylation is 1. The minimum absolute atomic E-state index is 0.205. The van der Waals surface area contributed by atoms with Crippen LogP contribution >= 0.6 is 0 Å². The van der Waals surface area contributed by atoms with Gasteiger partial charge in [-0.3, -0.25) is 4.90 Å². The van der Waals surface area contributed by atoms with E-state index in [-0.39, 0.29) is 6.10 Å². The molecule has 0 amide bonds. The van der Waals surface area contributed by atoms with Crippen molar-refractivity contribution in [3.63, 3.8) is 0 Å². The largest absolute Gasteiger partial charge is 0.491 e. The van der Waals surface area contributed by atoms with Crippen molar-refractivity contribution < 1.29 is 4.74 Å². The molecule has 0 bridgehead atoms. The number of aromatic amines is 1. The first kappa shape index (κ1) is 16.0. The zero-order valence-corrected chi connectivity index (χ0v) is 14.2. The number of aromatic nitrogens is 2. The summed E-state index contributed by atoms with van der Waals surface area (Å²) >= 11 is 0. The molecule has 0 saturated carbocycles. The van der Waals surface area contributed by atoms with Gasteiger partial charge in [0.15, 0.2) is 0 Å². The Labute approximate surface area is 138 Å². The van der Waals surface area contributed by atoms with E-state index in [0.717, 1.165) is 43.3 Å². The van der Waals surface area contributed by atoms with Crippen LogP contribution in [0.2, 0.25) is 0 Å². The van der Waals surface area contributed by atoms with Gasteiger partial charge in [-0.2, -0.15) is 0 Å². The van der Waals surface area contributed by atoms with Gasteiger partial charge in [0.25, 0.3) is 0 Å². The fourth-order valence-electron chi connectivity index (χ4n) is 3.04. The molecule has 1 fully saturated rings. The van der Waals surface area contributed by atoms with Gasteiger partial charge < -0.3 is 15.0 Å². The van der Waals surface area contributed by atoms with E-state index >= 15 is 0 Å². The Balaban J connectivity index is 1.74. The van der Waals surface area contributed by atoms with Gasteiger partial charge >= 0.3 is 0 Å². The molecule has 1 saturated heterocycles. The number of piperazine rings is 1. The van der Waals surface area contributed by atoms with Crippen molar-refractivity contribution in [2.24, 2.45) is 0 Å². The molecule has 2 N–H and O–H groups in total. The van der Waals surface area contributed by atoms with Crippen LogP contribution in [0.15, 0.2) is 30.6 Å². The third kappa shape index (κ3) is 3.92. The Morgan fingerprint density at radius 1 is 1.30 bits per heavy atom. The van der Waals surface area contributed by atoms with Crippen LogP contribution in [0, 0.1) is 6.92 Å². The van der Waals surface area contributed by atoms with Crippen molar-refractivity contribution in [3.8, 4) is 5.75 Å². The molecule has 1 aliphatic heterocycles. The highest BCUT2D eigenvalue weighted by Gasteiger charge is 2.24. The maximum atomic E-state index is 5.74. The first-order chi connectivity index (χ1) is 11.1. The monoisotopic (exact) mass is 314 g/mol. The van der Waals surface area contributed by atoms with Crippen molar-refractivity contribution in [2.45, 2.75) is 39.5 Å². The summed E-state index contributed by atoms with van der Waals surface area (Å²) in [6.07, 6.45) is 1.98. The third-order valence-corrected chi connectivity index (χ3v) is 4.28. The molecule has 5 nitrogen and oxygen atoms in total. The number of nitrogens with zero attached hydrogens (tertiary/aromatic N) is 2. The molecule has 1 aromatic carbocycles. The van der Waals surface area contributed by atoms with Gasteiger partial charge in [-0.25, -0.2) is 4.98 Å². The van der Waals surface area contributed by atoms with Gasteiger partial charge in [0.1, 0.15) is 5.75 Å². The van der Waals surface area contributed by atoms with Crippen LogP contribution in [0.3, 0.4) is 0 Å². The SMILES string of the molecule is Cc1[nH]cnc1CN1CCNC[C@@H]1c1ccc(OC(C)C)cc1.